The molecule has 1 aromatic rings. The Hall–Kier alpha value is -1.44. The summed E-state index contributed by atoms with van der Waals surface area (Å²) < 4.78 is 5.22. The number of benzene rings is 1. The molecule has 6 nitrogen and oxygen atoms in total. The van der Waals surface area contributed by atoms with E-state index >= 15 is 0 Å². The fraction of sp³-hybridized carbons (Fsp3) is 0.591. The third-order valence-electron chi connectivity index (χ3n) is 5.77. The molecule has 0 bridgehead atoms. The van der Waals surface area contributed by atoms with Crippen LogP contribution < -0.4 is 10.6 Å². The summed E-state index contributed by atoms with van der Waals surface area (Å²) in [6.07, 6.45) is 5.44. The molecule has 1 aromatic carbocycles. The average molecular weight is 489 g/mol. The van der Waals surface area contributed by atoms with Gasteiger partial charge in [-0.3, -0.25) is 9.59 Å². The normalized spacial score (nSPS) is 21.8. The van der Waals surface area contributed by atoms with Gasteiger partial charge in [-0.05, 0) is 54.9 Å². The number of carbonyl (C=O) groups excluding carboxylic acids is 3. The minimum atomic E-state index is -0.881. The molecule has 0 spiro atoms. The maximum absolute atomic E-state index is 12.6. The molecular formula is C22H30Cl2N2O4S. The lowest BCUT2D eigenvalue weighted by molar-refractivity contribution is -0.150. The number of rotatable bonds is 9. The van der Waals surface area contributed by atoms with Crippen molar-refractivity contribution in [3.63, 3.8) is 0 Å². The lowest BCUT2D eigenvalue weighted by atomic mass is 9.78. The molecule has 4 unspecified atom stereocenters. The second-order valence-electron chi connectivity index (χ2n) is 7.98. The van der Waals surface area contributed by atoms with Gasteiger partial charge in [-0.1, -0.05) is 49.9 Å². The summed E-state index contributed by atoms with van der Waals surface area (Å²) in [6.45, 7) is 3.95. The van der Waals surface area contributed by atoms with Crippen molar-refractivity contribution in [2.45, 2.75) is 51.6 Å². The molecule has 1 aliphatic rings. The average Bonchev–Trinajstić information content (AvgIpc) is 2.72. The van der Waals surface area contributed by atoms with E-state index in [0.29, 0.717) is 29.0 Å². The highest BCUT2D eigenvalue weighted by molar-refractivity contribution is 7.98. The highest BCUT2D eigenvalue weighted by Gasteiger charge is 2.29. The highest BCUT2D eigenvalue weighted by Crippen LogP contribution is 2.29. The van der Waals surface area contributed by atoms with E-state index in [1.54, 1.807) is 17.8 Å². The molecule has 2 N–H and O–H groups in total. The summed E-state index contributed by atoms with van der Waals surface area (Å²) in [5.74, 6) is 0.0957. The van der Waals surface area contributed by atoms with Gasteiger partial charge in [-0.25, -0.2) is 4.79 Å². The van der Waals surface area contributed by atoms with Crippen LogP contribution in [0, 0.1) is 11.8 Å². The van der Waals surface area contributed by atoms with Gasteiger partial charge < -0.3 is 15.4 Å². The van der Waals surface area contributed by atoms with E-state index in [-0.39, 0.29) is 29.1 Å². The molecule has 0 saturated heterocycles. The van der Waals surface area contributed by atoms with Crippen molar-refractivity contribution < 1.29 is 19.1 Å². The number of halogens is 2. The van der Waals surface area contributed by atoms with Gasteiger partial charge in [0.25, 0.3) is 11.8 Å². The smallest absolute Gasteiger partial charge is 0.329 e. The summed E-state index contributed by atoms with van der Waals surface area (Å²) in [4.78, 5) is 37.5. The summed E-state index contributed by atoms with van der Waals surface area (Å²) in [5.41, 5.74) is 0.214. The Labute approximate surface area is 198 Å². The van der Waals surface area contributed by atoms with E-state index in [0.717, 1.165) is 19.3 Å². The van der Waals surface area contributed by atoms with Crippen LogP contribution in [0.3, 0.4) is 0 Å². The largest absolute Gasteiger partial charge is 0.454 e. The van der Waals surface area contributed by atoms with Gasteiger partial charge in [0, 0.05) is 11.1 Å². The first kappa shape index (κ1) is 25.8. The van der Waals surface area contributed by atoms with Crippen LogP contribution in [0.15, 0.2) is 18.2 Å². The highest BCUT2D eigenvalue weighted by atomic mass is 35.5. The summed E-state index contributed by atoms with van der Waals surface area (Å²) in [5, 5.41) is 6.24. The molecule has 172 valence electrons. The van der Waals surface area contributed by atoms with Crippen LogP contribution in [0.1, 0.15) is 49.9 Å². The van der Waals surface area contributed by atoms with Crippen molar-refractivity contribution in [2.75, 3.05) is 18.6 Å². The predicted octanol–water partition coefficient (Wildman–Crippen LogP) is 4.33. The Kier molecular flexibility index (Phi) is 10.5. The van der Waals surface area contributed by atoms with E-state index in [4.69, 9.17) is 27.9 Å². The Bertz CT molecular complexity index is 793. The first-order valence-electron chi connectivity index (χ1n) is 10.4. The Balaban J connectivity index is 1.92. The van der Waals surface area contributed by atoms with E-state index in [1.807, 2.05) is 6.26 Å². The molecule has 2 rings (SSSR count). The van der Waals surface area contributed by atoms with Crippen LogP contribution >= 0.6 is 35.0 Å². The van der Waals surface area contributed by atoms with Gasteiger partial charge in [0.2, 0.25) is 0 Å². The number of ether oxygens (including phenoxy) is 1. The van der Waals surface area contributed by atoms with Crippen molar-refractivity contribution in [3.05, 3.63) is 33.8 Å². The van der Waals surface area contributed by atoms with Crippen LogP contribution in [-0.4, -0.2) is 48.5 Å². The number of thioether (sulfide) groups is 1. The van der Waals surface area contributed by atoms with Gasteiger partial charge in [0.1, 0.15) is 6.04 Å². The number of nitrogens with one attached hydrogen (secondary N) is 2. The third kappa shape index (κ3) is 7.88. The zero-order valence-corrected chi connectivity index (χ0v) is 20.4. The number of hydrogen-bond donors (Lipinski definition) is 2. The van der Waals surface area contributed by atoms with Crippen molar-refractivity contribution in [1.29, 1.82) is 0 Å². The topological polar surface area (TPSA) is 84.5 Å². The summed E-state index contributed by atoms with van der Waals surface area (Å²) in [7, 11) is 0. The molecule has 0 aromatic heterocycles. The van der Waals surface area contributed by atoms with Gasteiger partial charge in [0.15, 0.2) is 6.61 Å². The third-order valence-corrected chi connectivity index (χ3v) is 6.97. The SMILES string of the molecule is CSCCC(NC(=O)c1ccc(Cl)cc1Cl)C(=O)OCC(=O)NC1CCCC(C)C1C. The monoisotopic (exact) mass is 488 g/mol. The lowest BCUT2D eigenvalue weighted by Gasteiger charge is -2.34. The minimum Gasteiger partial charge on any atom is -0.454 e. The maximum Gasteiger partial charge on any atom is 0.329 e. The van der Waals surface area contributed by atoms with E-state index in [9.17, 15) is 14.4 Å². The summed E-state index contributed by atoms with van der Waals surface area (Å²) >= 11 is 13.5. The molecule has 4 atom stereocenters. The fourth-order valence-corrected chi connectivity index (χ4v) is 4.63. The standard InChI is InChI=1S/C22H30Cl2N2O4S/c1-13-5-4-6-18(14(13)2)25-20(27)12-30-22(29)19(9-10-31-3)26-21(28)16-8-7-15(23)11-17(16)24/h7-8,11,13-14,18-19H,4-6,9-10,12H2,1-3H3,(H,25,27)(H,26,28). The zero-order valence-electron chi connectivity index (χ0n) is 18.1. The van der Waals surface area contributed by atoms with Crippen LogP contribution in [0.4, 0.5) is 0 Å². The van der Waals surface area contributed by atoms with Crippen molar-refractivity contribution in [1.82, 2.24) is 10.6 Å². The Morgan fingerprint density at radius 1 is 1.23 bits per heavy atom. The molecule has 2 amide bonds. The van der Waals surface area contributed by atoms with Crippen LogP contribution in [0.25, 0.3) is 0 Å². The lowest BCUT2D eigenvalue weighted by Crippen LogP contribution is -2.46. The summed E-state index contributed by atoms with van der Waals surface area (Å²) in [6, 6.07) is 3.72. The first-order valence-corrected chi connectivity index (χ1v) is 12.6. The molecule has 0 aliphatic heterocycles. The Morgan fingerprint density at radius 3 is 2.65 bits per heavy atom. The maximum atomic E-state index is 12.6. The number of hydrogen-bond acceptors (Lipinski definition) is 5. The second-order valence-corrected chi connectivity index (χ2v) is 9.81. The first-order chi connectivity index (χ1) is 14.7. The fourth-order valence-electron chi connectivity index (χ4n) is 3.67. The zero-order chi connectivity index (χ0) is 23.0. The van der Waals surface area contributed by atoms with E-state index in [1.165, 1.54) is 12.1 Å². The molecule has 1 aliphatic carbocycles. The van der Waals surface area contributed by atoms with Gasteiger partial charge in [0.05, 0.1) is 10.6 Å². The van der Waals surface area contributed by atoms with Crippen molar-refractivity contribution >= 4 is 52.7 Å². The second kappa shape index (κ2) is 12.6. The van der Waals surface area contributed by atoms with Crippen LogP contribution in [-0.2, 0) is 14.3 Å². The van der Waals surface area contributed by atoms with Crippen LogP contribution in [0.5, 0.6) is 0 Å². The molecule has 0 radical (unpaired) electrons. The van der Waals surface area contributed by atoms with Gasteiger partial charge in [-0.15, -0.1) is 0 Å². The molecule has 1 fully saturated rings. The minimum absolute atomic E-state index is 0.0917. The van der Waals surface area contributed by atoms with E-state index in [2.05, 4.69) is 24.5 Å². The number of esters is 1. The molecular weight excluding hydrogens is 459 g/mol. The molecule has 31 heavy (non-hydrogen) atoms. The predicted molar refractivity (Wildman–Crippen MR) is 126 cm³/mol. The van der Waals surface area contributed by atoms with Gasteiger partial charge in [-0.2, -0.15) is 11.8 Å². The van der Waals surface area contributed by atoms with Crippen LogP contribution in [0.2, 0.25) is 10.0 Å². The molecule has 0 heterocycles. The Morgan fingerprint density at radius 2 is 1.97 bits per heavy atom. The van der Waals surface area contributed by atoms with Crippen molar-refractivity contribution in [3.8, 4) is 0 Å². The quantitative estimate of drug-likeness (QED) is 0.505. The molecule has 1 saturated carbocycles. The number of amides is 2. The van der Waals surface area contributed by atoms with Crippen molar-refractivity contribution in [2.24, 2.45) is 11.8 Å². The number of carbonyl (C=O) groups is 3. The molecule has 9 heteroatoms. The van der Waals surface area contributed by atoms with Gasteiger partial charge >= 0.3 is 5.97 Å². The van der Waals surface area contributed by atoms with E-state index < -0.39 is 17.9 Å².